The van der Waals surface area contributed by atoms with E-state index in [9.17, 15) is 4.79 Å². The number of amides is 1. The molecule has 1 aromatic rings. The summed E-state index contributed by atoms with van der Waals surface area (Å²) in [5.74, 6) is 0.432. The second kappa shape index (κ2) is 7.14. The van der Waals surface area contributed by atoms with E-state index in [1.165, 1.54) is 0 Å². The lowest BCUT2D eigenvalue weighted by Gasteiger charge is -2.24. The van der Waals surface area contributed by atoms with Gasteiger partial charge in [0.1, 0.15) is 0 Å². The van der Waals surface area contributed by atoms with Crippen LogP contribution in [0, 0.1) is 12.8 Å². The highest BCUT2D eigenvalue weighted by atomic mass is 16.5. The van der Waals surface area contributed by atoms with Gasteiger partial charge in [-0.15, -0.1) is 0 Å². The molecule has 0 fully saturated rings. The molecule has 0 saturated carbocycles. The van der Waals surface area contributed by atoms with E-state index in [1.807, 2.05) is 24.0 Å². The van der Waals surface area contributed by atoms with E-state index in [1.54, 1.807) is 13.2 Å². The molecule has 0 saturated heterocycles. The highest BCUT2D eigenvalue weighted by molar-refractivity contribution is 5.95. The molecule has 0 radical (unpaired) electrons. The molecule has 0 heterocycles. The summed E-state index contributed by atoms with van der Waals surface area (Å²) in [7, 11) is 1.64. The molecule has 0 unspecified atom stereocenters. The summed E-state index contributed by atoms with van der Waals surface area (Å²) < 4.78 is 5.06. The van der Waals surface area contributed by atoms with Crippen molar-refractivity contribution in [2.24, 2.45) is 5.92 Å². The van der Waals surface area contributed by atoms with Crippen LogP contribution in [0.4, 0.5) is 5.69 Å². The average molecular weight is 264 g/mol. The number of benzene rings is 1. The van der Waals surface area contributed by atoms with Crippen molar-refractivity contribution in [3.05, 3.63) is 29.3 Å². The Morgan fingerprint density at radius 3 is 2.63 bits per heavy atom. The molecule has 106 valence electrons. The molecular formula is C15H24N2O2. The summed E-state index contributed by atoms with van der Waals surface area (Å²) >= 11 is 0. The van der Waals surface area contributed by atoms with E-state index in [4.69, 9.17) is 10.5 Å². The van der Waals surface area contributed by atoms with Gasteiger partial charge >= 0.3 is 0 Å². The van der Waals surface area contributed by atoms with E-state index < -0.39 is 0 Å². The fourth-order valence-corrected chi connectivity index (χ4v) is 1.87. The van der Waals surface area contributed by atoms with Crippen LogP contribution >= 0.6 is 0 Å². The van der Waals surface area contributed by atoms with Crippen LogP contribution in [0.3, 0.4) is 0 Å². The Morgan fingerprint density at radius 2 is 2.11 bits per heavy atom. The smallest absolute Gasteiger partial charge is 0.254 e. The number of nitrogens with zero attached hydrogens (tertiary/aromatic N) is 1. The Hall–Kier alpha value is -1.55. The average Bonchev–Trinajstić information content (AvgIpc) is 2.36. The minimum absolute atomic E-state index is 0.0115. The number of nitrogen functional groups attached to an aromatic ring is 1. The van der Waals surface area contributed by atoms with Crippen molar-refractivity contribution in [1.82, 2.24) is 4.90 Å². The minimum atomic E-state index is 0.0115. The van der Waals surface area contributed by atoms with E-state index in [0.29, 0.717) is 30.3 Å². The van der Waals surface area contributed by atoms with Gasteiger partial charge in [-0.3, -0.25) is 4.79 Å². The second-order valence-corrected chi connectivity index (χ2v) is 5.21. The zero-order valence-corrected chi connectivity index (χ0v) is 12.3. The number of anilines is 1. The van der Waals surface area contributed by atoms with E-state index in [-0.39, 0.29) is 5.91 Å². The zero-order valence-electron chi connectivity index (χ0n) is 12.3. The molecule has 4 nitrogen and oxygen atoms in total. The minimum Gasteiger partial charge on any atom is -0.398 e. The van der Waals surface area contributed by atoms with Crippen LogP contribution in [0.5, 0.6) is 0 Å². The van der Waals surface area contributed by atoms with Crippen molar-refractivity contribution in [3.63, 3.8) is 0 Å². The van der Waals surface area contributed by atoms with Crippen LogP contribution in [-0.2, 0) is 4.74 Å². The summed E-state index contributed by atoms with van der Waals surface area (Å²) in [6.07, 6.45) is 0. The summed E-state index contributed by atoms with van der Waals surface area (Å²) in [6.45, 7) is 7.98. The number of methoxy groups -OCH3 is 1. The van der Waals surface area contributed by atoms with Crippen LogP contribution in [-0.4, -0.2) is 37.6 Å². The molecule has 0 spiro atoms. The predicted molar refractivity (Wildman–Crippen MR) is 78.2 cm³/mol. The molecule has 2 N–H and O–H groups in total. The summed E-state index contributed by atoms with van der Waals surface area (Å²) in [5, 5.41) is 0. The molecule has 0 bridgehead atoms. The van der Waals surface area contributed by atoms with E-state index in [2.05, 4.69) is 13.8 Å². The maximum atomic E-state index is 12.5. The first-order valence-corrected chi connectivity index (χ1v) is 6.60. The number of carbonyl (C=O) groups is 1. The fraction of sp³-hybridized carbons (Fsp3) is 0.533. The van der Waals surface area contributed by atoms with Crippen LogP contribution < -0.4 is 5.73 Å². The first-order chi connectivity index (χ1) is 8.95. The number of hydrogen-bond donors (Lipinski definition) is 1. The number of ether oxygens (including phenoxy) is 1. The molecule has 0 aliphatic rings. The van der Waals surface area contributed by atoms with Crippen LogP contribution in [0.15, 0.2) is 18.2 Å². The molecule has 1 amide bonds. The van der Waals surface area contributed by atoms with Gasteiger partial charge in [0.25, 0.3) is 5.91 Å². The summed E-state index contributed by atoms with van der Waals surface area (Å²) in [4.78, 5) is 14.3. The van der Waals surface area contributed by atoms with Gasteiger partial charge in [-0.1, -0.05) is 19.9 Å². The van der Waals surface area contributed by atoms with Gasteiger partial charge in [0.2, 0.25) is 0 Å². The maximum Gasteiger partial charge on any atom is 0.254 e. The lowest BCUT2D eigenvalue weighted by Crippen LogP contribution is -2.36. The third kappa shape index (κ3) is 4.56. The number of nitrogens with two attached hydrogens (primary N) is 1. The Balaban J connectivity index is 2.87. The topological polar surface area (TPSA) is 55.6 Å². The SMILES string of the molecule is COCCN(CC(C)C)C(=O)c1ccc(C)c(N)c1. The lowest BCUT2D eigenvalue weighted by atomic mass is 10.1. The molecule has 0 aromatic heterocycles. The molecular weight excluding hydrogens is 240 g/mol. The number of aryl methyl sites for hydroxylation is 1. The molecule has 1 rings (SSSR count). The molecule has 1 aromatic carbocycles. The first-order valence-electron chi connectivity index (χ1n) is 6.60. The van der Waals surface area contributed by atoms with Crippen molar-refractivity contribution in [1.29, 1.82) is 0 Å². The van der Waals surface area contributed by atoms with E-state index >= 15 is 0 Å². The quantitative estimate of drug-likeness (QED) is 0.802. The standard InChI is InChI=1S/C15H24N2O2/c1-11(2)10-17(7-8-19-4)15(18)13-6-5-12(3)14(16)9-13/h5-6,9,11H,7-8,10,16H2,1-4H3. The lowest BCUT2D eigenvalue weighted by molar-refractivity contribution is 0.0672. The number of hydrogen-bond acceptors (Lipinski definition) is 3. The van der Waals surface area contributed by atoms with Crippen molar-refractivity contribution in [2.45, 2.75) is 20.8 Å². The van der Waals surface area contributed by atoms with Crippen molar-refractivity contribution in [3.8, 4) is 0 Å². The van der Waals surface area contributed by atoms with Gasteiger partial charge in [-0.25, -0.2) is 0 Å². The molecule has 0 atom stereocenters. The normalized spacial score (nSPS) is 10.8. The van der Waals surface area contributed by atoms with Gasteiger partial charge < -0.3 is 15.4 Å². The molecule has 0 aliphatic carbocycles. The fourth-order valence-electron chi connectivity index (χ4n) is 1.87. The molecule has 19 heavy (non-hydrogen) atoms. The number of rotatable bonds is 6. The summed E-state index contributed by atoms with van der Waals surface area (Å²) in [6, 6.07) is 5.46. The Morgan fingerprint density at radius 1 is 1.42 bits per heavy atom. The van der Waals surface area contributed by atoms with Gasteiger partial charge in [0, 0.05) is 31.5 Å². The van der Waals surface area contributed by atoms with Crippen molar-refractivity contribution >= 4 is 11.6 Å². The van der Waals surface area contributed by atoms with Crippen molar-refractivity contribution < 1.29 is 9.53 Å². The second-order valence-electron chi connectivity index (χ2n) is 5.21. The highest BCUT2D eigenvalue weighted by Gasteiger charge is 2.17. The number of carbonyl (C=O) groups excluding carboxylic acids is 1. The van der Waals surface area contributed by atoms with Crippen LogP contribution in [0.25, 0.3) is 0 Å². The van der Waals surface area contributed by atoms with Gasteiger partial charge in [0.05, 0.1) is 6.61 Å². The highest BCUT2D eigenvalue weighted by Crippen LogP contribution is 2.15. The Bertz CT molecular complexity index is 430. The largest absolute Gasteiger partial charge is 0.398 e. The third-order valence-corrected chi connectivity index (χ3v) is 2.96. The zero-order chi connectivity index (χ0) is 14.4. The molecule has 4 heteroatoms. The third-order valence-electron chi connectivity index (χ3n) is 2.96. The van der Waals surface area contributed by atoms with Crippen LogP contribution in [0.2, 0.25) is 0 Å². The van der Waals surface area contributed by atoms with Crippen LogP contribution in [0.1, 0.15) is 29.8 Å². The Kier molecular flexibility index (Phi) is 5.83. The maximum absolute atomic E-state index is 12.5. The van der Waals surface area contributed by atoms with Gasteiger partial charge in [-0.2, -0.15) is 0 Å². The summed E-state index contributed by atoms with van der Waals surface area (Å²) in [5.41, 5.74) is 8.15. The van der Waals surface area contributed by atoms with Crippen molar-refractivity contribution in [2.75, 3.05) is 32.5 Å². The first kappa shape index (κ1) is 15.5. The predicted octanol–water partition coefficient (Wildman–Crippen LogP) is 2.32. The molecule has 0 aliphatic heterocycles. The Labute approximate surface area is 115 Å². The van der Waals surface area contributed by atoms with Gasteiger partial charge in [0.15, 0.2) is 0 Å². The monoisotopic (exact) mass is 264 g/mol. The van der Waals surface area contributed by atoms with E-state index in [0.717, 1.165) is 12.1 Å². The van der Waals surface area contributed by atoms with Gasteiger partial charge in [-0.05, 0) is 30.5 Å².